The van der Waals surface area contributed by atoms with Gasteiger partial charge >= 0.3 is 0 Å². The average molecular weight is 452 g/mol. The zero-order chi connectivity index (χ0) is 22.2. The molecular weight excluding hydrogens is 430 g/mol. The van der Waals surface area contributed by atoms with Crippen molar-refractivity contribution in [2.24, 2.45) is 0 Å². The molecule has 2 aliphatic heterocycles. The predicted octanol–water partition coefficient (Wildman–Crippen LogP) is 2.03. The zero-order valence-corrected chi connectivity index (χ0v) is 17.6. The summed E-state index contributed by atoms with van der Waals surface area (Å²) in [6.07, 6.45) is -0.589. The molecule has 0 spiro atoms. The summed E-state index contributed by atoms with van der Waals surface area (Å²) in [5.74, 6) is -2.27. The highest BCUT2D eigenvalue weighted by Crippen LogP contribution is 2.29. The maximum Gasteiger partial charge on any atom is 0.259 e. The SMILES string of the molecule is COc1ccc(CN2[C@@H]3CN(C(=O)c4c(F)cccc4F)C[C@@H]3OCCS2(=O)=O)cc1. The Morgan fingerprint density at radius 1 is 1.13 bits per heavy atom. The molecule has 0 unspecified atom stereocenters. The molecule has 10 heteroatoms. The van der Waals surface area contributed by atoms with Crippen LogP contribution in [0.4, 0.5) is 8.78 Å². The molecule has 0 aromatic heterocycles. The van der Waals surface area contributed by atoms with Crippen molar-refractivity contribution in [3.05, 3.63) is 65.2 Å². The van der Waals surface area contributed by atoms with Gasteiger partial charge in [-0.25, -0.2) is 17.2 Å². The molecule has 2 aliphatic rings. The zero-order valence-electron chi connectivity index (χ0n) is 16.8. The van der Waals surface area contributed by atoms with Crippen molar-refractivity contribution in [2.45, 2.75) is 18.7 Å². The molecule has 0 bridgehead atoms. The van der Waals surface area contributed by atoms with Crippen LogP contribution in [0.25, 0.3) is 0 Å². The number of rotatable bonds is 4. The van der Waals surface area contributed by atoms with Crippen molar-refractivity contribution in [1.29, 1.82) is 0 Å². The standard InChI is InChI=1S/C21H22F2N2O5S/c1-29-15-7-5-14(6-8-15)11-25-18-12-24(13-19(18)30-9-10-31(25,27)28)21(26)20-16(22)3-2-4-17(20)23/h2-8,18-19H,9-13H2,1H3/t18-,19+/m1/s1. The molecule has 0 saturated carbocycles. The van der Waals surface area contributed by atoms with Crippen LogP contribution >= 0.6 is 0 Å². The topological polar surface area (TPSA) is 76.2 Å². The van der Waals surface area contributed by atoms with E-state index in [0.29, 0.717) is 5.75 Å². The second kappa shape index (κ2) is 8.52. The molecule has 2 aromatic carbocycles. The molecule has 0 N–H and O–H groups in total. The minimum absolute atomic E-state index is 0.0152. The highest BCUT2D eigenvalue weighted by Gasteiger charge is 2.46. The highest BCUT2D eigenvalue weighted by atomic mass is 32.2. The number of fused-ring (bicyclic) bond motifs is 1. The molecule has 7 nitrogen and oxygen atoms in total. The summed E-state index contributed by atoms with van der Waals surface area (Å²) in [4.78, 5) is 14.1. The molecular formula is C21H22F2N2O5S. The van der Waals surface area contributed by atoms with Crippen LogP contribution in [0.3, 0.4) is 0 Å². The largest absolute Gasteiger partial charge is 0.497 e. The number of amides is 1. The molecule has 2 aromatic rings. The van der Waals surface area contributed by atoms with Gasteiger partial charge in [-0.1, -0.05) is 18.2 Å². The number of halogens is 2. The van der Waals surface area contributed by atoms with E-state index in [-0.39, 0.29) is 32.0 Å². The Hall–Kier alpha value is -2.56. The molecule has 2 fully saturated rings. The van der Waals surface area contributed by atoms with Crippen LogP contribution < -0.4 is 4.74 Å². The van der Waals surface area contributed by atoms with E-state index in [9.17, 15) is 22.0 Å². The van der Waals surface area contributed by atoms with Crippen LogP contribution in [0.15, 0.2) is 42.5 Å². The number of methoxy groups -OCH3 is 1. The van der Waals surface area contributed by atoms with Crippen LogP contribution in [0, 0.1) is 11.6 Å². The highest BCUT2D eigenvalue weighted by molar-refractivity contribution is 7.89. The normalized spacial score (nSPS) is 23.3. The summed E-state index contributed by atoms with van der Waals surface area (Å²) < 4.78 is 66.2. The Balaban J connectivity index is 1.61. The van der Waals surface area contributed by atoms with Gasteiger partial charge in [-0.15, -0.1) is 0 Å². The fraction of sp³-hybridized carbons (Fsp3) is 0.381. The van der Waals surface area contributed by atoms with Gasteiger partial charge in [0.25, 0.3) is 5.91 Å². The molecule has 0 radical (unpaired) electrons. The van der Waals surface area contributed by atoms with Gasteiger partial charge in [0.2, 0.25) is 10.0 Å². The van der Waals surface area contributed by atoms with Gasteiger partial charge in [-0.2, -0.15) is 4.31 Å². The van der Waals surface area contributed by atoms with Gasteiger partial charge in [0.15, 0.2) is 0 Å². The maximum absolute atomic E-state index is 14.1. The van der Waals surface area contributed by atoms with E-state index in [2.05, 4.69) is 0 Å². The van der Waals surface area contributed by atoms with Gasteiger partial charge < -0.3 is 14.4 Å². The van der Waals surface area contributed by atoms with Crippen LogP contribution in [0.5, 0.6) is 5.75 Å². The first-order valence-electron chi connectivity index (χ1n) is 9.77. The Kier molecular flexibility index (Phi) is 5.96. The van der Waals surface area contributed by atoms with E-state index in [1.165, 1.54) is 15.3 Å². The number of benzene rings is 2. The molecule has 2 atom stereocenters. The third-order valence-corrected chi connectivity index (χ3v) is 7.40. The molecule has 31 heavy (non-hydrogen) atoms. The minimum Gasteiger partial charge on any atom is -0.497 e. The van der Waals surface area contributed by atoms with Crippen LogP contribution in [-0.4, -0.2) is 68.2 Å². The van der Waals surface area contributed by atoms with Crippen molar-refractivity contribution in [1.82, 2.24) is 9.21 Å². The minimum atomic E-state index is -3.67. The number of hydrogen-bond donors (Lipinski definition) is 0. The molecule has 0 aliphatic carbocycles. The quantitative estimate of drug-likeness (QED) is 0.710. The number of ether oxygens (including phenoxy) is 2. The lowest BCUT2D eigenvalue weighted by atomic mass is 10.1. The summed E-state index contributed by atoms with van der Waals surface area (Å²) >= 11 is 0. The van der Waals surface area contributed by atoms with E-state index in [4.69, 9.17) is 9.47 Å². The number of likely N-dealkylation sites (tertiary alicyclic amines) is 1. The van der Waals surface area contributed by atoms with E-state index in [0.717, 1.165) is 17.7 Å². The monoisotopic (exact) mass is 452 g/mol. The third kappa shape index (κ3) is 4.28. The number of carbonyl (C=O) groups is 1. The number of nitrogens with zero attached hydrogens (tertiary/aromatic N) is 2. The maximum atomic E-state index is 14.1. The lowest BCUT2D eigenvalue weighted by molar-refractivity contribution is 0.0444. The van der Waals surface area contributed by atoms with Crippen molar-refractivity contribution in [3.63, 3.8) is 0 Å². The summed E-state index contributed by atoms with van der Waals surface area (Å²) in [7, 11) is -2.13. The summed E-state index contributed by atoms with van der Waals surface area (Å²) in [6, 6.07) is 9.56. The van der Waals surface area contributed by atoms with Crippen LogP contribution in [-0.2, 0) is 21.3 Å². The van der Waals surface area contributed by atoms with E-state index < -0.39 is 45.3 Å². The average Bonchev–Trinajstić information content (AvgIpc) is 3.11. The summed E-state index contributed by atoms with van der Waals surface area (Å²) in [6.45, 7) is 0.101. The smallest absolute Gasteiger partial charge is 0.259 e. The molecule has 2 heterocycles. The molecule has 4 rings (SSSR count). The molecule has 1 amide bonds. The second-order valence-corrected chi connectivity index (χ2v) is 9.53. The van der Waals surface area contributed by atoms with E-state index in [1.807, 2.05) is 0 Å². The predicted molar refractivity (Wildman–Crippen MR) is 108 cm³/mol. The number of sulfonamides is 1. The van der Waals surface area contributed by atoms with Crippen molar-refractivity contribution in [3.8, 4) is 5.75 Å². The Labute approximate surface area is 179 Å². The van der Waals surface area contributed by atoms with Crippen LogP contribution in [0.1, 0.15) is 15.9 Å². The molecule has 166 valence electrons. The van der Waals surface area contributed by atoms with Crippen molar-refractivity contribution >= 4 is 15.9 Å². The van der Waals surface area contributed by atoms with Crippen molar-refractivity contribution in [2.75, 3.05) is 32.6 Å². The third-order valence-electron chi connectivity index (χ3n) is 5.60. The van der Waals surface area contributed by atoms with Gasteiger partial charge in [0.05, 0.1) is 31.6 Å². The second-order valence-electron chi connectivity index (χ2n) is 7.49. The van der Waals surface area contributed by atoms with Gasteiger partial charge in [0.1, 0.15) is 22.9 Å². The Bertz CT molecular complexity index is 1060. The molecule has 2 saturated heterocycles. The summed E-state index contributed by atoms with van der Waals surface area (Å²) in [5.41, 5.74) is 0.0958. The lowest BCUT2D eigenvalue weighted by Gasteiger charge is -2.28. The van der Waals surface area contributed by atoms with Crippen molar-refractivity contribution < 1.29 is 31.5 Å². The Morgan fingerprint density at radius 3 is 2.45 bits per heavy atom. The Morgan fingerprint density at radius 2 is 1.81 bits per heavy atom. The first-order valence-corrected chi connectivity index (χ1v) is 11.4. The van der Waals surface area contributed by atoms with Gasteiger partial charge in [-0.3, -0.25) is 4.79 Å². The fourth-order valence-electron chi connectivity index (χ4n) is 3.98. The first-order chi connectivity index (χ1) is 14.8. The van der Waals surface area contributed by atoms with E-state index >= 15 is 0 Å². The van der Waals surface area contributed by atoms with Gasteiger partial charge in [0, 0.05) is 19.6 Å². The van der Waals surface area contributed by atoms with E-state index in [1.54, 1.807) is 31.4 Å². The fourth-order valence-corrected chi connectivity index (χ4v) is 5.48. The van der Waals surface area contributed by atoms with Crippen LogP contribution in [0.2, 0.25) is 0 Å². The first kappa shape index (κ1) is 21.7. The van der Waals surface area contributed by atoms with Gasteiger partial charge in [-0.05, 0) is 29.8 Å². The lowest BCUT2D eigenvalue weighted by Crippen LogP contribution is -2.45. The number of carbonyl (C=O) groups excluding carboxylic acids is 1. The number of hydrogen-bond acceptors (Lipinski definition) is 5. The summed E-state index contributed by atoms with van der Waals surface area (Å²) in [5, 5.41) is 0.